The number of pyridine rings is 1. The molecule has 2 N–H and O–H groups in total. The number of aromatic nitrogens is 3. The second-order valence-electron chi connectivity index (χ2n) is 5.81. The molecule has 1 aliphatic rings. The molecule has 1 aliphatic carbocycles. The summed E-state index contributed by atoms with van der Waals surface area (Å²) in [5, 5.41) is 4.60. The Morgan fingerprint density at radius 3 is 2.71 bits per heavy atom. The average molecular weight is 307 g/mol. The van der Waals surface area contributed by atoms with Crippen LogP contribution in [0.2, 0.25) is 5.02 Å². The van der Waals surface area contributed by atoms with E-state index < -0.39 is 0 Å². The van der Waals surface area contributed by atoms with Gasteiger partial charge < -0.3 is 10.3 Å². The maximum Gasteiger partial charge on any atom is 0.227 e. The molecule has 0 aliphatic heterocycles. The SMILES string of the molecule is NCC1(Cc2nc(-c3ccc(Cl)cn3)no2)CCCCC1. The van der Waals surface area contributed by atoms with Crippen molar-refractivity contribution in [3.8, 4) is 11.5 Å². The van der Waals surface area contributed by atoms with Gasteiger partial charge in [0.2, 0.25) is 11.7 Å². The van der Waals surface area contributed by atoms with Crippen molar-refractivity contribution >= 4 is 11.6 Å². The van der Waals surface area contributed by atoms with Gasteiger partial charge in [0.25, 0.3) is 0 Å². The maximum atomic E-state index is 6.00. The zero-order valence-electron chi connectivity index (χ0n) is 11.9. The topological polar surface area (TPSA) is 77.8 Å². The molecular formula is C15H19ClN4O. The summed E-state index contributed by atoms with van der Waals surface area (Å²) in [5.74, 6) is 1.15. The van der Waals surface area contributed by atoms with Crippen LogP contribution in [0.5, 0.6) is 0 Å². The van der Waals surface area contributed by atoms with Crippen LogP contribution in [0.15, 0.2) is 22.9 Å². The van der Waals surface area contributed by atoms with Crippen molar-refractivity contribution in [3.05, 3.63) is 29.2 Å². The molecule has 0 bridgehead atoms. The summed E-state index contributed by atoms with van der Waals surface area (Å²) in [6.07, 6.45) is 8.37. The predicted octanol–water partition coefficient (Wildman–Crippen LogP) is 3.24. The van der Waals surface area contributed by atoms with E-state index in [0.717, 1.165) is 19.3 Å². The Balaban J connectivity index is 1.76. The first-order valence-corrected chi connectivity index (χ1v) is 7.73. The van der Waals surface area contributed by atoms with Crippen molar-refractivity contribution in [3.63, 3.8) is 0 Å². The van der Waals surface area contributed by atoms with Gasteiger partial charge in [-0.1, -0.05) is 36.0 Å². The number of nitrogens with two attached hydrogens (primary N) is 1. The van der Waals surface area contributed by atoms with E-state index in [1.165, 1.54) is 19.3 Å². The summed E-state index contributed by atoms with van der Waals surface area (Å²) in [6.45, 7) is 0.671. The van der Waals surface area contributed by atoms with Gasteiger partial charge >= 0.3 is 0 Å². The van der Waals surface area contributed by atoms with E-state index in [1.54, 1.807) is 18.3 Å². The van der Waals surface area contributed by atoms with E-state index in [0.29, 0.717) is 29.0 Å². The lowest BCUT2D eigenvalue weighted by molar-refractivity contribution is 0.177. The van der Waals surface area contributed by atoms with Gasteiger partial charge in [0, 0.05) is 12.6 Å². The highest BCUT2D eigenvalue weighted by Crippen LogP contribution is 2.38. The molecule has 0 radical (unpaired) electrons. The number of nitrogens with zero attached hydrogens (tertiary/aromatic N) is 3. The summed E-state index contributed by atoms with van der Waals surface area (Å²) in [4.78, 5) is 8.66. The van der Waals surface area contributed by atoms with Crippen molar-refractivity contribution in [2.24, 2.45) is 11.1 Å². The summed E-state index contributed by atoms with van der Waals surface area (Å²) >= 11 is 5.83. The normalized spacial score (nSPS) is 17.8. The molecule has 1 saturated carbocycles. The van der Waals surface area contributed by atoms with Crippen LogP contribution < -0.4 is 5.73 Å². The number of rotatable bonds is 4. The third-order valence-corrected chi connectivity index (χ3v) is 4.52. The zero-order chi connectivity index (χ0) is 14.7. The Morgan fingerprint density at radius 1 is 1.24 bits per heavy atom. The minimum atomic E-state index is 0.121. The first kappa shape index (κ1) is 14.5. The van der Waals surface area contributed by atoms with Crippen LogP contribution >= 0.6 is 11.6 Å². The third-order valence-electron chi connectivity index (χ3n) is 4.30. The van der Waals surface area contributed by atoms with Crippen molar-refractivity contribution in [1.29, 1.82) is 0 Å². The molecule has 2 aromatic rings. The molecule has 2 heterocycles. The molecule has 2 aromatic heterocycles. The highest BCUT2D eigenvalue weighted by Gasteiger charge is 2.33. The molecule has 3 rings (SSSR count). The van der Waals surface area contributed by atoms with E-state index in [1.807, 2.05) is 0 Å². The molecule has 5 nitrogen and oxygen atoms in total. The standard InChI is InChI=1S/C15H19ClN4O/c16-11-4-5-12(18-9-11)14-19-13(21-20-14)8-15(10-17)6-2-1-3-7-15/h4-5,9H,1-3,6-8,10,17H2. The maximum absolute atomic E-state index is 6.00. The van der Waals surface area contributed by atoms with Gasteiger partial charge in [0.05, 0.1) is 5.02 Å². The molecule has 0 atom stereocenters. The van der Waals surface area contributed by atoms with E-state index >= 15 is 0 Å². The van der Waals surface area contributed by atoms with Gasteiger partial charge in [-0.25, -0.2) is 0 Å². The van der Waals surface area contributed by atoms with Gasteiger partial charge in [-0.3, -0.25) is 4.98 Å². The highest BCUT2D eigenvalue weighted by molar-refractivity contribution is 6.30. The molecule has 112 valence electrons. The minimum Gasteiger partial charge on any atom is -0.339 e. The average Bonchev–Trinajstić information content (AvgIpc) is 2.97. The van der Waals surface area contributed by atoms with Gasteiger partial charge in [0.1, 0.15) is 5.69 Å². The van der Waals surface area contributed by atoms with Gasteiger partial charge in [-0.15, -0.1) is 0 Å². The summed E-state index contributed by atoms with van der Waals surface area (Å²) in [6, 6.07) is 3.55. The van der Waals surface area contributed by atoms with E-state index in [2.05, 4.69) is 15.1 Å². The van der Waals surface area contributed by atoms with Crippen LogP contribution in [0, 0.1) is 5.41 Å². The van der Waals surface area contributed by atoms with Crippen LogP contribution in [-0.4, -0.2) is 21.7 Å². The van der Waals surface area contributed by atoms with Gasteiger partial charge in [-0.05, 0) is 36.9 Å². The highest BCUT2D eigenvalue weighted by atomic mass is 35.5. The lowest BCUT2D eigenvalue weighted by Crippen LogP contribution is -2.35. The fraction of sp³-hybridized carbons (Fsp3) is 0.533. The van der Waals surface area contributed by atoms with E-state index in [4.69, 9.17) is 21.9 Å². The van der Waals surface area contributed by atoms with Crippen molar-refractivity contribution in [2.75, 3.05) is 6.54 Å². The van der Waals surface area contributed by atoms with Crippen LogP contribution in [0.25, 0.3) is 11.5 Å². The molecular weight excluding hydrogens is 288 g/mol. The predicted molar refractivity (Wildman–Crippen MR) is 80.8 cm³/mol. The van der Waals surface area contributed by atoms with Crippen LogP contribution in [0.4, 0.5) is 0 Å². The van der Waals surface area contributed by atoms with E-state index in [-0.39, 0.29) is 5.41 Å². The second-order valence-corrected chi connectivity index (χ2v) is 6.25. The molecule has 0 spiro atoms. The van der Waals surface area contributed by atoms with Crippen molar-refractivity contribution in [2.45, 2.75) is 38.5 Å². The summed E-state index contributed by atoms with van der Waals surface area (Å²) < 4.78 is 5.39. The minimum absolute atomic E-state index is 0.121. The van der Waals surface area contributed by atoms with Crippen molar-refractivity contribution < 1.29 is 4.52 Å². The first-order chi connectivity index (χ1) is 10.2. The first-order valence-electron chi connectivity index (χ1n) is 7.35. The summed E-state index contributed by atoms with van der Waals surface area (Å²) in [7, 11) is 0. The number of halogens is 1. The fourth-order valence-corrected chi connectivity index (χ4v) is 3.13. The number of hydrogen-bond donors (Lipinski definition) is 1. The van der Waals surface area contributed by atoms with E-state index in [9.17, 15) is 0 Å². The summed E-state index contributed by atoms with van der Waals surface area (Å²) in [5.41, 5.74) is 6.79. The lowest BCUT2D eigenvalue weighted by Gasteiger charge is -2.34. The Morgan fingerprint density at radius 2 is 2.05 bits per heavy atom. The number of hydrogen-bond acceptors (Lipinski definition) is 5. The van der Waals surface area contributed by atoms with Crippen LogP contribution in [0.3, 0.4) is 0 Å². The molecule has 0 saturated heterocycles. The molecule has 0 unspecified atom stereocenters. The quantitative estimate of drug-likeness (QED) is 0.938. The largest absolute Gasteiger partial charge is 0.339 e. The molecule has 0 amide bonds. The second kappa shape index (κ2) is 6.12. The Kier molecular flexibility index (Phi) is 4.22. The van der Waals surface area contributed by atoms with Crippen LogP contribution in [-0.2, 0) is 6.42 Å². The van der Waals surface area contributed by atoms with Crippen LogP contribution in [0.1, 0.15) is 38.0 Å². The molecule has 0 aromatic carbocycles. The Bertz CT molecular complexity index is 590. The zero-order valence-corrected chi connectivity index (χ0v) is 12.6. The molecule has 1 fully saturated rings. The lowest BCUT2D eigenvalue weighted by atomic mass is 9.72. The third kappa shape index (κ3) is 3.24. The smallest absolute Gasteiger partial charge is 0.227 e. The fourth-order valence-electron chi connectivity index (χ4n) is 3.01. The monoisotopic (exact) mass is 306 g/mol. The molecule has 21 heavy (non-hydrogen) atoms. The Hall–Kier alpha value is -1.46. The van der Waals surface area contributed by atoms with Gasteiger partial charge in [-0.2, -0.15) is 4.98 Å². The molecule has 6 heteroatoms. The van der Waals surface area contributed by atoms with Crippen molar-refractivity contribution in [1.82, 2.24) is 15.1 Å². The van der Waals surface area contributed by atoms with Gasteiger partial charge in [0.15, 0.2) is 0 Å². The Labute approximate surface area is 128 Å².